The fourth-order valence-corrected chi connectivity index (χ4v) is 3.13. The molecule has 2 aromatic rings. The Kier molecular flexibility index (Phi) is 5.12. The van der Waals surface area contributed by atoms with Gasteiger partial charge in [-0.15, -0.1) is 0 Å². The molecule has 0 spiro atoms. The molecule has 2 atom stereocenters. The maximum atomic E-state index is 6.40. The van der Waals surface area contributed by atoms with Gasteiger partial charge < -0.3 is 15.0 Å². The van der Waals surface area contributed by atoms with Crippen molar-refractivity contribution in [3.63, 3.8) is 0 Å². The highest BCUT2D eigenvalue weighted by atomic mass is 35.5. The van der Waals surface area contributed by atoms with Gasteiger partial charge in [0.1, 0.15) is 5.76 Å². The van der Waals surface area contributed by atoms with E-state index >= 15 is 0 Å². The Balaban J connectivity index is 1.72. The van der Waals surface area contributed by atoms with E-state index in [1.165, 1.54) is 11.1 Å². The van der Waals surface area contributed by atoms with Gasteiger partial charge in [-0.3, -0.25) is 0 Å². The molecular weight excluding hydrogens is 320 g/mol. The van der Waals surface area contributed by atoms with E-state index < -0.39 is 0 Å². The number of halogens is 1. The summed E-state index contributed by atoms with van der Waals surface area (Å²) in [5, 5.41) is 4.30. The second kappa shape index (κ2) is 7.29. The number of rotatable bonds is 5. The molecular formula is C20H23ClN2O. The largest absolute Gasteiger partial charge is 0.474 e. The van der Waals surface area contributed by atoms with Gasteiger partial charge in [-0.25, -0.2) is 0 Å². The lowest BCUT2D eigenvalue weighted by molar-refractivity contribution is 0.162. The molecule has 0 saturated heterocycles. The number of nitrogens with one attached hydrogen (secondary N) is 1. The minimum Gasteiger partial charge on any atom is -0.474 e. The van der Waals surface area contributed by atoms with Crippen molar-refractivity contribution < 1.29 is 4.74 Å². The van der Waals surface area contributed by atoms with Crippen molar-refractivity contribution in [2.45, 2.75) is 39.6 Å². The van der Waals surface area contributed by atoms with Crippen LogP contribution < -0.4 is 10.2 Å². The Labute approximate surface area is 148 Å². The van der Waals surface area contributed by atoms with E-state index in [1.807, 2.05) is 32.2 Å². The molecule has 0 fully saturated rings. The van der Waals surface area contributed by atoms with Gasteiger partial charge >= 0.3 is 0 Å². The van der Waals surface area contributed by atoms with E-state index in [0.29, 0.717) is 6.04 Å². The number of anilines is 1. The number of ether oxygens (including phenoxy) is 1. The van der Waals surface area contributed by atoms with Gasteiger partial charge in [-0.1, -0.05) is 48.0 Å². The Morgan fingerprint density at radius 3 is 2.62 bits per heavy atom. The van der Waals surface area contributed by atoms with Crippen LogP contribution in [0.15, 0.2) is 60.5 Å². The van der Waals surface area contributed by atoms with Crippen LogP contribution in [0.4, 0.5) is 5.69 Å². The third-order valence-corrected chi connectivity index (χ3v) is 4.59. The van der Waals surface area contributed by atoms with Gasteiger partial charge in [0.15, 0.2) is 6.23 Å². The molecule has 126 valence electrons. The molecule has 1 aliphatic rings. The normalized spacial score (nSPS) is 18.2. The van der Waals surface area contributed by atoms with Gasteiger partial charge in [0.05, 0.1) is 10.7 Å². The van der Waals surface area contributed by atoms with E-state index in [-0.39, 0.29) is 6.23 Å². The SMILES string of the molecule is CC1=CN(c2cc(CNC(C)c3ccccc3)ccc2Cl)C(C)O1. The molecule has 0 radical (unpaired) electrons. The van der Waals surface area contributed by atoms with Crippen LogP contribution in [0.1, 0.15) is 37.9 Å². The third kappa shape index (κ3) is 3.74. The minimum atomic E-state index is -0.0334. The highest BCUT2D eigenvalue weighted by molar-refractivity contribution is 6.33. The van der Waals surface area contributed by atoms with E-state index in [1.54, 1.807) is 0 Å². The molecule has 0 amide bonds. The van der Waals surface area contributed by atoms with Gasteiger partial charge in [-0.05, 0) is 44.0 Å². The summed E-state index contributed by atoms with van der Waals surface area (Å²) < 4.78 is 5.69. The molecule has 1 heterocycles. The van der Waals surface area contributed by atoms with Gasteiger partial charge in [0.25, 0.3) is 0 Å². The molecule has 0 saturated carbocycles. The zero-order valence-corrected chi connectivity index (χ0v) is 15.0. The first-order valence-corrected chi connectivity index (χ1v) is 8.62. The van der Waals surface area contributed by atoms with Gasteiger partial charge in [0.2, 0.25) is 0 Å². The Hall–Kier alpha value is -1.97. The van der Waals surface area contributed by atoms with Crippen LogP contribution in [0, 0.1) is 0 Å². The summed E-state index contributed by atoms with van der Waals surface area (Å²) in [6.07, 6.45) is 1.96. The Bertz CT molecular complexity index is 730. The van der Waals surface area contributed by atoms with Crippen molar-refractivity contribution in [1.82, 2.24) is 5.32 Å². The monoisotopic (exact) mass is 342 g/mol. The molecule has 0 aromatic heterocycles. The fourth-order valence-electron chi connectivity index (χ4n) is 2.92. The first-order valence-electron chi connectivity index (χ1n) is 8.25. The zero-order chi connectivity index (χ0) is 17.1. The summed E-state index contributed by atoms with van der Waals surface area (Å²) in [6.45, 7) is 6.93. The summed E-state index contributed by atoms with van der Waals surface area (Å²) in [7, 11) is 0. The van der Waals surface area contributed by atoms with Gasteiger partial charge in [-0.2, -0.15) is 0 Å². The fraction of sp³-hybridized carbons (Fsp3) is 0.300. The van der Waals surface area contributed by atoms with Crippen LogP contribution in [-0.4, -0.2) is 6.23 Å². The average molecular weight is 343 g/mol. The van der Waals surface area contributed by atoms with Crippen molar-refractivity contribution >= 4 is 17.3 Å². The maximum Gasteiger partial charge on any atom is 0.172 e. The van der Waals surface area contributed by atoms with E-state index in [0.717, 1.165) is 23.0 Å². The van der Waals surface area contributed by atoms with E-state index in [9.17, 15) is 0 Å². The maximum absolute atomic E-state index is 6.40. The summed E-state index contributed by atoms with van der Waals surface area (Å²) in [6, 6.07) is 16.9. The lowest BCUT2D eigenvalue weighted by atomic mass is 10.1. The second-order valence-corrected chi connectivity index (χ2v) is 6.57. The van der Waals surface area contributed by atoms with Crippen molar-refractivity contribution in [3.8, 4) is 0 Å². The second-order valence-electron chi connectivity index (χ2n) is 6.16. The van der Waals surface area contributed by atoms with E-state index in [2.05, 4.69) is 53.5 Å². The number of hydrogen-bond donors (Lipinski definition) is 1. The third-order valence-electron chi connectivity index (χ3n) is 4.27. The molecule has 3 rings (SSSR count). The van der Waals surface area contributed by atoms with Crippen LogP contribution in [0.2, 0.25) is 5.02 Å². The molecule has 4 heteroatoms. The highest BCUT2D eigenvalue weighted by Crippen LogP contribution is 2.33. The Morgan fingerprint density at radius 2 is 1.96 bits per heavy atom. The summed E-state index contributed by atoms with van der Waals surface area (Å²) >= 11 is 6.40. The number of hydrogen-bond acceptors (Lipinski definition) is 3. The first kappa shape index (κ1) is 16.9. The van der Waals surface area contributed by atoms with Crippen molar-refractivity contribution in [3.05, 3.63) is 76.6 Å². The standard InChI is InChI=1S/C20H23ClN2O/c1-14-13-23(16(3)24-14)20-11-17(9-10-19(20)21)12-22-15(2)18-7-5-4-6-8-18/h4-11,13,15-16,22H,12H2,1-3H3. The van der Waals surface area contributed by atoms with Crippen LogP contribution in [0.5, 0.6) is 0 Å². The average Bonchev–Trinajstić information content (AvgIpc) is 2.93. The molecule has 2 aromatic carbocycles. The minimum absolute atomic E-state index is 0.0334. The molecule has 24 heavy (non-hydrogen) atoms. The predicted molar refractivity (Wildman–Crippen MR) is 99.9 cm³/mol. The summed E-state index contributed by atoms with van der Waals surface area (Å²) in [5.41, 5.74) is 3.46. The van der Waals surface area contributed by atoms with Crippen LogP contribution in [0.3, 0.4) is 0 Å². The zero-order valence-electron chi connectivity index (χ0n) is 14.3. The number of benzene rings is 2. The van der Waals surface area contributed by atoms with Crippen LogP contribution in [-0.2, 0) is 11.3 Å². The topological polar surface area (TPSA) is 24.5 Å². The first-order chi connectivity index (χ1) is 11.5. The molecule has 3 nitrogen and oxygen atoms in total. The Morgan fingerprint density at radius 1 is 1.21 bits per heavy atom. The number of nitrogens with zero attached hydrogens (tertiary/aromatic N) is 1. The number of allylic oxidation sites excluding steroid dienone is 1. The lowest BCUT2D eigenvalue weighted by Crippen LogP contribution is -2.25. The molecule has 0 aliphatic carbocycles. The van der Waals surface area contributed by atoms with Crippen LogP contribution >= 0.6 is 11.6 Å². The van der Waals surface area contributed by atoms with Crippen LogP contribution in [0.25, 0.3) is 0 Å². The smallest absolute Gasteiger partial charge is 0.172 e. The molecule has 0 bridgehead atoms. The molecule has 2 unspecified atom stereocenters. The van der Waals surface area contributed by atoms with Gasteiger partial charge in [0, 0.05) is 18.8 Å². The van der Waals surface area contributed by atoms with Crippen molar-refractivity contribution in [2.24, 2.45) is 0 Å². The summed E-state index contributed by atoms with van der Waals surface area (Å²) in [5.74, 6) is 0.903. The molecule has 1 N–H and O–H groups in total. The van der Waals surface area contributed by atoms with Crippen molar-refractivity contribution in [1.29, 1.82) is 0 Å². The predicted octanol–water partition coefficient (Wildman–Crippen LogP) is 5.23. The van der Waals surface area contributed by atoms with E-state index in [4.69, 9.17) is 16.3 Å². The van der Waals surface area contributed by atoms with Crippen molar-refractivity contribution in [2.75, 3.05) is 4.90 Å². The highest BCUT2D eigenvalue weighted by Gasteiger charge is 2.22. The molecule has 1 aliphatic heterocycles. The quantitative estimate of drug-likeness (QED) is 0.804. The lowest BCUT2D eigenvalue weighted by Gasteiger charge is -2.23. The summed E-state index contributed by atoms with van der Waals surface area (Å²) in [4.78, 5) is 2.07.